The molecule has 7 aliphatic rings. The van der Waals surface area contributed by atoms with Gasteiger partial charge in [-0.2, -0.15) is 0 Å². The van der Waals surface area contributed by atoms with E-state index in [0.717, 1.165) is 65.5 Å². The third-order valence-electron chi connectivity index (χ3n) is 14.6. The average molecular weight is 933 g/mol. The number of hydrogen-bond acceptors (Lipinski definition) is 6. The Morgan fingerprint density at radius 1 is 0.559 bits per heavy atom. The second kappa shape index (κ2) is 19.2. The Hall–Kier alpha value is -6.51. The molecule has 0 radical (unpaired) electrons. The third-order valence-corrected chi connectivity index (χ3v) is 14.6. The van der Waals surface area contributed by atoms with Crippen LogP contribution in [0.4, 0.5) is 13.2 Å². The molecule has 12 nitrogen and oxygen atoms in total. The lowest BCUT2D eigenvalue weighted by Gasteiger charge is -2.31. The van der Waals surface area contributed by atoms with Crippen LogP contribution in [0.3, 0.4) is 0 Å². The second-order valence-corrected chi connectivity index (χ2v) is 19.4. The minimum absolute atomic E-state index is 0.122. The Bertz CT molecular complexity index is 2670. The highest BCUT2D eigenvalue weighted by molar-refractivity contribution is 6.04. The standard InChI is InChI=1S/C18H19FN2O2.C18H21FN2O2.C17H19FN2O2/c1-10-6-16(17(22)20-10)21-9-15-13(11-4-2-3-5-11)7-12(19)8-14(15)18(21)23;1-4-10(2)13-7-12(19)8-14-15(13)9-21(18(14)23)16-6-5-11(3)20-17(16)22;1-9(2)12-6-11(18)7-13-14(12)8-20(17(13)22)15-5-4-10(3)19-16(15)21/h7-8,11,16H,1-6,9H2,(H,20,22);7-8,10,16H,3-6,9H2,1-2H3,(H,20,22);6-7,9,15H,3-5,8H2,1-2H3,(H,19,21). The topological polar surface area (TPSA) is 148 Å². The van der Waals surface area contributed by atoms with Gasteiger partial charge in [-0.05, 0) is 132 Å². The van der Waals surface area contributed by atoms with Gasteiger partial charge in [0.1, 0.15) is 35.6 Å². The van der Waals surface area contributed by atoms with Gasteiger partial charge in [0.2, 0.25) is 17.7 Å². The van der Waals surface area contributed by atoms with Crippen LogP contribution in [-0.2, 0) is 34.0 Å². The summed E-state index contributed by atoms with van der Waals surface area (Å²) < 4.78 is 41.7. The van der Waals surface area contributed by atoms with Crippen molar-refractivity contribution in [2.75, 3.05) is 0 Å². The average Bonchev–Trinajstić information content (AvgIpc) is 4.13. The van der Waals surface area contributed by atoms with Gasteiger partial charge >= 0.3 is 0 Å². The van der Waals surface area contributed by atoms with Crippen LogP contribution >= 0.6 is 0 Å². The third kappa shape index (κ3) is 9.23. The van der Waals surface area contributed by atoms with Crippen molar-refractivity contribution in [1.82, 2.24) is 30.7 Å². The number of benzene rings is 3. The number of fused-ring (bicyclic) bond motifs is 3. The predicted molar refractivity (Wildman–Crippen MR) is 249 cm³/mol. The zero-order chi connectivity index (χ0) is 48.9. The van der Waals surface area contributed by atoms with Gasteiger partial charge in [-0.25, -0.2) is 13.2 Å². The molecule has 0 aromatic heterocycles. The number of rotatable bonds is 7. The fraction of sp³-hybridized carbons (Fsp3) is 0.434. The molecular weight excluding hydrogens is 874 g/mol. The van der Waals surface area contributed by atoms with Gasteiger partial charge in [0, 0.05) is 59.8 Å². The van der Waals surface area contributed by atoms with Crippen LogP contribution in [0.5, 0.6) is 0 Å². The number of nitrogens with one attached hydrogen (secondary N) is 3. The molecule has 0 bridgehead atoms. The van der Waals surface area contributed by atoms with Crippen molar-refractivity contribution in [2.24, 2.45) is 0 Å². The molecule has 1 aliphatic carbocycles. The highest BCUT2D eigenvalue weighted by Crippen LogP contribution is 2.41. The van der Waals surface area contributed by atoms with Crippen LogP contribution in [0.2, 0.25) is 0 Å². The van der Waals surface area contributed by atoms with Crippen LogP contribution in [0, 0.1) is 17.5 Å². The van der Waals surface area contributed by atoms with Crippen molar-refractivity contribution in [3.63, 3.8) is 0 Å². The lowest BCUT2D eigenvalue weighted by Crippen LogP contribution is -2.49. The number of piperidine rings is 2. The largest absolute Gasteiger partial charge is 0.329 e. The summed E-state index contributed by atoms with van der Waals surface area (Å²) >= 11 is 0. The van der Waals surface area contributed by atoms with Gasteiger partial charge in [0.05, 0.1) is 0 Å². The molecule has 6 aliphatic heterocycles. The van der Waals surface area contributed by atoms with E-state index in [2.05, 4.69) is 35.7 Å². The minimum Gasteiger partial charge on any atom is -0.329 e. The van der Waals surface area contributed by atoms with Crippen LogP contribution in [0.25, 0.3) is 0 Å². The van der Waals surface area contributed by atoms with E-state index in [1.54, 1.807) is 20.8 Å². The number of nitrogens with zero attached hydrogens (tertiary/aromatic N) is 3. The smallest absolute Gasteiger partial charge is 0.255 e. The van der Waals surface area contributed by atoms with Crippen molar-refractivity contribution in [1.29, 1.82) is 0 Å². The second-order valence-electron chi connectivity index (χ2n) is 19.4. The molecule has 4 unspecified atom stereocenters. The Morgan fingerprint density at radius 3 is 1.43 bits per heavy atom. The summed E-state index contributed by atoms with van der Waals surface area (Å²) in [5, 5.41) is 8.08. The molecule has 4 fully saturated rings. The molecule has 1 saturated carbocycles. The summed E-state index contributed by atoms with van der Waals surface area (Å²) in [6.07, 6.45) is 8.13. The SMILES string of the molecule is C=C1CC(N2Cc3c(cc(F)cc3C3CCCC3)C2=O)C(=O)N1.C=C1CCC(N2Cc3c(cc(F)cc3C(C)C)C2=O)C(=O)N1.C=C1CCC(N2Cc3c(cc(F)cc3C(C)CC)C2=O)C(=O)N1. The lowest BCUT2D eigenvalue weighted by atomic mass is 9.91. The van der Waals surface area contributed by atoms with E-state index in [-0.39, 0.29) is 53.1 Å². The van der Waals surface area contributed by atoms with Gasteiger partial charge in [-0.3, -0.25) is 28.8 Å². The highest BCUT2D eigenvalue weighted by atomic mass is 19.1. The molecule has 0 spiro atoms. The maximum atomic E-state index is 14.0. The Labute approximate surface area is 395 Å². The van der Waals surface area contributed by atoms with E-state index < -0.39 is 29.8 Å². The van der Waals surface area contributed by atoms with E-state index in [1.165, 1.54) is 30.3 Å². The van der Waals surface area contributed by atoms with E-state index >= 15 is 0 Å². The molecule has 15 heteroatoms. The molecule has 3 aromatic rings. The number of allylic oxidation sites excluding steroid dienone is 2. The van der Waals surface area contributed by atoms with Crippen LogP contribution in [0.15, 0.2) is 73.2 Å². The molecule has 3 N–H and O–H groups in total. The van der Waals surface area contributed by atoms with Gasteiger partial charge < -0.3 is 30.7 Å². The van der Waals surface area contributed by atoms with Crippen LogP contribution in [-0.4, -0.2) is 68.3 Å². The molecule has 6 heterocycles. The molecule has 4 atom stereocenters. The number of carbonyl (C=O) groups excluding carboxylic acids is 6. The number of halogens is 3. The van der Waals surface area contributed by atoms with Crippen molar-refractivity contribution in [2.45, 2.75) is 147 Å². The molecule has 6 amide bonds. The van der Waals surface area contributed by atoms with Crippen LogP contribution in [0.1, 0.15) is 174 Å². The first-order valence-electron chi connectivity index (χ1n) is 23.7. The first-order valence-corrected chi connectivity index (χ1v) is 23.7. The zero-order valence-electron chi connectivity index (χ0n) is 39.2. The quantitative estimate of drug-likeness (QED) is 0.216. The zero-order valence-corrected chi connectivity index (χ0v) is 39.2. The summed E-state index contributed by atoms with van der Waals surface area (Å²) in [4.78, 5) is 79.1. The van der Waals surface area contributed by atoms with Crippen molar-refractivity contribution in [3.05, 3.63) is 141 Å². The van der Waals surface area contributed by atoms with Crippen molar-refractivity contribution < 1.29 is 41.9 Å². The summed E-state index contributed by atoms with van der Waals surface area (Å²) in [7, 11) is 0. The fourth-order valence-electron chi connectivity index (χ4n) is 10.8. The van der Waals surface area contributed by atoms with Gasteiger partial charge in [-0.15, -0.1) is 0 Å². The maximum absolute atomic E-state index is 14.0. The molecule has 68 heavy (non-hydrogen) atoms. The number of amides is 6. The summed E-state index contributed by atoms with van der Waals surface area (Å²) in [5.41, 5.74) is 8.51. The van der Waals surface area contributed by atoms with E-state index in [0.29, 0.717) is 91.4 Å². The van der Waals surface area contributed by atoms with E-state index in [9.17, 15) is 41.9 Å². The van der Waals surface area contributed by atoms with Gasteiger partial charge in [-0.1, -0.05) is 60.3 Å². The summed E-state index contributed by atoms with van der Waals surface area (Å²) in [6, 6.07) is 6.95. The Balaban J connectivity index is 0.000000138. The van der Waals surface area contributed by atoms with Crippen molar-refractivity contribution >= 4 is 35.4 Å². The monoisotopic (exact) mass is 932 g/mol. The summed E-state index contributed by atoms with van der Waals surface area (Å²) in [5.74, 6) is -1.88. The number of carbonyl (C=O) groups is 6. The lowest BCUT2D eigenvalue weighted by molar-refractivity contribution is -0.127. The summed E-state index contributed by atoms with van der Waals surface area (Å²) in [6.45, 7) is 20.4. The first kappa shape index (κ1) is 48.0. The van der Waals surface area contributed by atoms with Gasteiger partial charge in [0.25, 0.3) is 17.7 Å². The normalized spacial score (nSPS) is 22.7. The minimum atomic E-state index is -0.526. The fourth-order valence-corrected chi connectivity index (χ4v) is 10.8. The molecular formula is C53H59F3N6O6. The molecule has 3 saturated heterocycles. The van der Waals surface area contributed by atoms with Gasteiger partial charge in [0.15, 0.2) is 0 Å². The van der Waals surface area contributed by atoms with E-state index in [1.807, 2.05) is 27.7 Å². The van der Waals surface area contributed by atoms with E-state index in [4.69, 9.17) is 0 Å². The highest BCUT2D eigenvalue weighted by Gasteiger charge is 2.43. The van der Waals surface area contributed by atoms with Crippen LogP contribution < -0.4 is 16.0 Å². The number of hydrogen-bond donors (Lipinski definition) is 3. The Kier molecular flexibility index (Phi) is 13.6. The Morgan fingerprint density at radius 2 is 0.971 bits per heavy atom. The van der Waals surface area contributed by atoms with Crippen molar-refractivity contribution in [3.8, 4) is 0 Å². The predicted octanol–water partition coefficient (Wildman–Crippen LogP) is 8.63. The first-order chi connectivity index (χ1) is 32.3. The maximum Gasteiger partial charge on any atom is 0.255 e. The molecule has 10 rings (SSSR count). The molecule has 3 aromatic carbocycles. The molecule has 358 valence electrons.